The zero-order valence-corrected chi connectivity index (χ0v) is 13.4. The van der Waals surface area contributed by atoms with Crippen LogP contribution in [0.2, 0.25) is 0 Å². The first kappa shape index (κ1) is 19.3. The van der Waals surface area contributed by atoms with Crippen LogP contribution in [0.3, 0.4) is 0 Å². The third-order valence-corrected chi connectivity index (χ3v) is 4.67. The van der Waals surface area contributed by atoms with Crippen molar-refractivity contribution in [3.05, 3.63) is 0 Å². The van der Waals surface area contributed by atoms with Crippen molar-refractivity contribution in [2.24, 2.45) is 0 Å². The van der Waals surface area contributed by atoms with Gasteiger partial charge in [-0.3, -0.25) is 14.2 Å². The summed E-state index contributed by atoms with van der Waals surface area (Å²) in [6, 6.07) is 0. The molecule has 7 heteroatoms. The van der Waals surface area contributed by atoms with Crippen LogP contribution in [0.4, 0.5) is 0 Å². The number of ketones is 1. The first-order valence-electron chi connectivity index (χ1n) is 6.85. The molecule has 0 radical (unpaired) electrons. The lowest BCUT2D eigenvalue weighted by molar-refractivity contribution is -0.143. The second kappa shape index (κ2) is 11.0. The average molecular weight is 308 g/mol. The molecule has 20 heavy (non-hydrogen) atoms. The molecule has 0 saturated carbocycles. The zero-order valence-electron chi connectivity index (χ0n) is 12.6. The maximum absolute atomic E-state index is 11.7. The van der Waals surface area contributed by atoms with E-state index in [1.165, 1.54) is 14.2 Å². The summed E-state index contributed by atoms with van der Waals surface area (Å²) in [5, 5.41) is 0. The molecule has 0 unspecified atom stereocenters. The lowest BCUT2D eigenvalue weighted by atomic mass is 10.1. The third-order valence-electron chi connectivity index (χ3n) is 2.82. The van der Waals surface area contributed by atoms with Gasteiger partial charge in [-0.25, -0.2) is 0 Å². The number of unbranched alkanes of at least 4 members (excludes halogenated alkanes) is 3. The molecule has 118 valence electrons. The summed E-state index contributed by atoms with van der Waals surface area (Å²) in [5.74, 6) is -0.299. The Hall–Kier alpha value is -0.710. The summed E-state index contributed by atoms with van der Waals surface area (Å²) in [6.07, 6.45) is 3.81. The van der Waals surface area contributed by atoms with Crippen molar-refractivity contribution in [3.63, 3.8) is 0 Å². The van der Waals surface area contributed by atoms with E-state index < -0.39 is 7.60 Å². The van der Waals surface area contributed by atoms with Crippen molar-refractivity contribution < 1.29 is 27.9 Å². The molecule has 0 aromatic heterocycles. The van der Waals surface area contributed by atoms with Crippen molar-refractivity contribution in [2.45, 2.75) is 45.4 Å². The first-order valence-corrected chi connectivity index (χ1v) is 8.58. The van der Waals surface area contributed by atoms with Gasteiger partial charge in [0.2, 0.25) is 0 Å². The quantitative estimate of drug-likeness (QED) is 0.313. The van der Waals surface area contributed by atoms with Crippen LogP contribution >= 0.6 is 7.60 Å². The van der Waals surface area contributed by atoms with E-state index in [4.69, 9.17) is 13.8 Å². The van der Waals surface area contributed by atoms with Gasteiger partial charge < -0.3 is 13.8 Å². The van der Waals surface area contributed by atoms with Gasteiger partial charge in [0, 0.05) is 27.1 Å². The minimum absolute atomic E-state index is 0.123. The Morgan fingerprint density at radius 1 is 0.950 bits per heavy atom. The molecule has 0 N–H and O–H groups in total. The topological polar surface area (TPSA) is 78.9 Å². The minimum atomic E-state index is -3.23. The summed E-state index contributed by atoms with van der Waals surface area (Å²) < 4.78 is 26.0. The fourth-order valence-corrected chi connectivity index (χ4v) is 2.67. The van der Waals surface area contributed by atoms with Crippen LogP contribution < -0.4 is 0 Å². The monoisotopic (exact) mass is 308 g/mol. The molecule has 0 aliphatic rings. The number of carbonyl (C=O) groups excluding carboxylic acids is 2. The second-order valence-electron chi connectivity index (χ2n) is 4.39. The molecule has 0 amide bonds. The highest BCUT2D eigenvalue weighted by Gasteiger charge is 2.24. The Morgan fingerprint density at radius 2 is 1.50 bits per heavy atom. The molecule has 0 aliphatic heterocycles. The fraction of sp³-hybridized carbons (Fsp3) is 0.846. The maximum atomic E-state index is 11.7. The van der Waals surface area contributed by atoms with Gasteiger partial charge in [0.05, 0.1) is 6.61 Å². The highest BCUT2D eigenvalue weighted by Crippen LogP contribution is 2.46. The largest absolute Gasteiger partial charge is 0.466 e. The van der Waals surface area contributed by atoms with Crippen LogP contribution in [-0.4, -0.2) is 38.7 Å². The second-order valence-corrected chi connectivity index (χ2v) is 6.66. The summed E-state index contributed by atoms with van der Waals surface area (Å²) >= 11 is 0. The molecule has 0 atom stereocenters. The highest BCUT2D eigenvalue weighted by molar-refractivity contribution is 7.54. The van der Waals surface area contributed by atoms with Crippen LogP contribution in [0.5, 0.6) is 0 Å². The Kier molecular flexibility index (Phi) is 10.6. The van der Waals surface area contributed by atoms with Crippen molar-refractivity contribution >= 4 is 19.3 Å². The van der Waals surface area contributed by atoms with Gasteiger partial charge >= 0.3 is 13.6 Å². The molecular weight excluding hydrogens is 283 g/mol. The summed E-state index contributed by atoms with van der Waals surface area (Å²) in [7, 11) is -0.689. The number of esters is 1. The third kappa shape index (κ3) is 9.23. The van der Waals surface area contributed by atoms with Gasteiger partial charge in [-0.05, 0) is 19.8 Å². The van der Waals surface area contributed by atoms with E-state index in [9.17, 15) is 14.2 Å². The smallest absolute Gasteiger partial charge is 0.337 e. The summed E-state index contributed by atoms with van der Waals surface area (Å²) in [4.78, 5) is 22.7. The fourth-order valence-electron chi connectivity index (χ4n) is 1.68. The van der Waals surface area contributed by atoms with E-state index in [0.717, 1.165) is 25.7 Å². The predicted molar refractivity (Wildman–Crippen MR) is 75.8 cm³/mol. The predicted octanol–water partition coefficient (Wildman–Crippen LogP) is 2.95. The molecule has 0 saturated heterocycles. The normalized spacial score (nSPS) is 11.3. The van der Waals surface area contributed by atoms with Crippen LogP contribution in [0.1, 0.15) is 45.4 Å². The number of carbonyl (C=O) groups is 2. The van der Waals surface area contributed by atoms with Crippen molar-refractivity contribution in [2.75, 3.05) is 27.0 Å². The van der Waals surface area contributed by atoms with Crippen molar-refractivity contribution in [3.8, 4) is 0 Å². The Balaban J connectivity index is 3.63. The number of rotatable bonds is 12. The SMILES string of the molecule is CCOC(=O)CCCCCCC(=O)CP(=O)(OC)OC. The van der Waals surface area contributed by atoms with Crippen molar-refractivity contribution in [1.29, 1.82) is 0 Å². The average Bonchev–Trinajstić information content (AvgIpc) is 2.42. The van der Waals surface area contributed by atoms with E-state index in [2.05, 4.69) is 0 Å². The van der Waals surface area contributed by atoms with Gasteiger partial charge in [0.1, 0.15) is 11.9 Å². The number of hydrogen-bond donors (Lipinski definition) is 0. The molecule has 0 spiro atoms. The van der Waals surface area contributed by atoms with Gasteiger partial charge in [0.25, 0.3) is 0 Å². The summed E-state index contributed by atoms with van der Waals surface area (Å²) in [6.45, 7) is 2.19. The lowest BCUT2D eigenvalue weighted by Gasteiger charge is -2.12. The van der Waals surface area contributed by atoms with E-state index in [-0.39, 0.29) is 17.9 Å². The minimum Gasteiger partial charge on any atom is -0.466 e. The Morgan fingerprint density at radius 3 is 2.00 bits per heavy atom. The zero-order chi connectivity index (χ0) is 15.4. The van der Waals surface area contributed by atoms with Gasteiger partial charge in [-0.15, -0.1) is 0 Å². The highest BCUT2D eigenvalue weighted by atomic mass is 31.2. The van der Waals surface area contributed by atoms with Crippen LogP contribution in [0.25, 0.3) is 0 Å². The molecule has 0 rings (SSSR count). The molecule has 0 aliphatic carbocycles. The number of Topliss-reactive ketones (excluding diaryl/α,β-unsaturated/α-hetero) is 1. The van der Waals surface area contributed by atoms with E-state index >= 15 is 0 Å². The number of ether oxygens (including phenoxy) is 1. The standard InChI is InChI=1S/C13H25O6P/c1-4-19-13(15)10-8-6-5-7-9-12(14)11-20(16,17-2)18-3/h4-11H2,1-3H3. The Bertz CT molecular complexity index is 334. The molecule has 0 fully saturated rings. The molecule has 0 bridgehead atoms. The van der Waals surface area contributed by atoms with E-state index in [1.54, 1.807) is 6.92 Å². The Labute approximate surface area is 120 Å². The van der Waals surface area contributed by atoms with Crippen LogP contribution in [-0.2, 0) is 27.9 Å². The molecule has 0 aromatic rings. The van der Waals surface area contributed by atoms with Crippen LogP contribution in [0, 0.1) is 0 Å². The first-order chi connectivity index (χ1) is 9.47. The number of hydrogen-bond acceptors (Lipinski definition) is 6. The molecule has 0 aromatic carbocycles. The molecule has 0 heterocycles. The van der Waals surface area contributed by atoms with Gasteiger partial charge in [0.15, 0.2) is 0 Å². The van der Waals surface area contributed by atoms with Crippen molar-refractivity contribution in [1.82, 2.24) is 0 Å². The van der Waals surface area contributed by atoms with E-state index in [0.29, 0.717) is 19.4 Å². The summed E-state index contributed by atoms with van der Waals surface area (Å²) in [5.41, 5.74) is 0. The molecular formula is C13H25O6P. The molecule has 6 nitrogen and oxygen atoms in total. The maximum Gasteiger partial charge on any atom is 0.337 e. The van der Waals surface area contributed by atoms with Gasteiger partial charge in [-0.2, -0.15) is 0 Å². The van der Waals surface area contributed by atoms with Crippen LogP contribution in [0.15, 0.2) is 0 Å². The lowest BCUT2D eigenvalue weighted by Crippen LogP contribution is -2.07. The van der Waals surface area contributed by atoms with Gasteiger partial charge in [-0.1, -0.05) is 12.8 Å². The van der Waals surface area contributed by atoms with E-state index in [1.807, 2.05) is 0 Å².